The van der Waals surface area contributed by atoms with Crippen molar-refractivity contribution in [2.75, 3.05) is 0 Å². The van der Waals surface area contributed by atoms with Crippen LogP contribution in [0.25, 0.3) is 11.4 Å². The van der Waals surface area contributed by atoms with E-state index in [-0.39, 0.29) is 69.0 Å². The summed E-state index contributed by atoms with van der Waals surface area (Å²) in [5.41, 5.74) is 6.23. The number of amides is 1. The van der Waals surface area contributed by atoms with Crippen molar-refractivity contribution in [3.63, 3.8) is 0 Å². The number of ketones is 2. The average molecular weight is 634 g/mol. The Bertz CT molecular complexity index is 1840. The third-order valence-electron chi connectivity index (χ3n) is 13.3. The van der Waals surface area contributed by atoms with Gasteiger partial charge >= 0.3 is 0 Å². The molecule has 2 aromatic rings. The summed E-state index contributed by atoms with van der Waals surface area (Å²) in [6.45, 7) is 10.8. The minimum absolute atomic E-state index is 0.0286. The number of pyridine rings is 1. The first kappa shape index (κ1) is 31.4. The summed E-state index contributed by atoms with van der Waals surface area (Å²) >= 11 is 0. The fraction of sp³-hybridized carbons (Fsp3) is 0.553. The molecule has 3 saturated carbocycles. The molecule has 0 radical (unpaired) electrons. The summed E-state index contributed by atoms with van der Waals surface area (Å²) in [4.78, 5) is 63.3. The summed E-state index contributed by atoms with van der Waals surface area (Å²) in [5.74, 6) is -1.33. The number of rotatable bonds is 3. The maximum absolute atomic E-state index is 14.8. The Morgan fingerprint density at radius 2 is 1.77 bits per heavy atom. The summed E-state index contributed by atoms with van der Waals surface area (Å²) < 4.78 is 1.54. The van der Waals surface area contributed by atoms with Crippen LogP contribution in [0.1, 0.15) is 94.7 Å². The molecule has 0 spiro atoms. The zero-order chi connectivity index (χ0) is 33.7. The van der Waals surface area contributed by atoms with Crippen LogP contribution < -0.4 is 5.73 Å². The number of hydrogen-bond acceptors (Lipinski definition) is 7. The number of allylic oxidation sites excluding steroid dienone is 4. The van der Waals surface area contributed by atoms with E-state index in [1.54, 1.807) is 24.5 Å². The van der Waals surface area contributed by atoms with Gasteiger partial charge in [-0.25, -0.2) is 4.98 Å². The molecule has 3 fully saturated rings. The van der Waals surface area contributed by atoms with Crippen LogP contribution in [0.3, 0.4) is 0 Å². The normalized spacial score (nSPS) is 37.2. The molecular formula is C38H43N5O4. The highest BCUT2D eigenvalue weighted by atomic mass is 16.2. The van der Waals surface area contributed by atoms with E-state index in [1.165, 1.54) is 10.9 Å². The van der Waals surface area contributed by atoms with Crippen molar-refractivity contribution in [2.24, 2.45) is 57.0 Å². The predicted molar refractivity (Wildman–Crippen MR) is 174 cm³/mol. The van der Waals surface area contributed by atoms with E-state index in [2.05, 4.69) is 43.7 Å². The van der Waals surface area contributed by atoms with Crippen LogP contribution in [0.4, 0.5) is 0 Å². The molecule has 2 N–H and O–H groups in total. The molecular weight excluding hydrogens is 590 g/mol. The molecule has 5 aliphatic rings. The van der Waals surface area contributed by atoms with Gasteiger partial charge in [0.15, 0.2) is 11.6 Å². The zero-order valence-electron chi connectivity index (χ0n) is 27.9. The number of hydrogen-bond donors (Lipinski definition) is 1. The molecule has 244 valence electrons. The Hall–Kier alpha value is -4.19. The van der Waals surface area contributed by atoms with E-state index < -0.39 is 16.7 Å². The lowest BCUT2D eigenvalue weighted by Gasteiger charge is -2.64. The number of aromatic nitrogens is 3. The summed E-state index contributed by atoms with van der Waals surface area (Å²) in [6, 6.07) is 5.38. The molecule has 0 bridgehead atoms. The van der Waals surface area contributed by atoms with Gasteiger partial charge in [0.25, 0.3) is 5.91 Å². The van der Waals surface area contributed by atoms with Crippen molar-refractivity contribution in [1.29, 1.82) is 5.26 Å². The lowest BCUT2D eigenvalue weighted by molar-refractivity contribution is -0.141. The Labute approximate surface area is 275 Å². The van der Waals surface area contributed by atoms with Gasteiger partial charge in [0, 0.05) is 29.6 Å². The molecule has 0 saturated heterocycles. The Morgan fingerprint density at radius 3 is 2.49 bits per heavy atom. The number of carbonyl (C=O) groups excluding carboxylic acids is 4. The number of nitriles is 1. The first-order valence-electron chi connectivity index (χ1n) is 16.9. The Balaban J connectivity index is 1.30. The number of fused-ring (bicyclic) bond motifs is 7. The number of carbonyl (C=O) groups is 4. The maximum atomic E-state index is 14.8. The Morgan fingerprint density at radius 1 is 1.02 bits per heavy atom. The molecule has 0 aliphatic heterocycles. The van der Waals surface area contributed by atoms with E-state index in [0.29, 0.717) is 24.2 Å². The van der Waals surface area contributed by atoms with E-state index in [1.807, 2.05) is 19.1 Å². The largest absolute Gasteiger partial charge is 0.366 e. The van der Waals surface area contributed by atoms with Crippen LogP contribution in [0.2, 0.25) is 0 Å². The molecule has 8 atom stereocenters. The predicted octanol–water partition coefficient (Wildman–Crippen LogP) is 6.12. The van der Waals surface area contributed by atoms with Crippen LogP contribution in [-0.2, 0) is 9.59 Å². The molecule has 47 heavy (non-hydrogen) atoms. The third kappa shape index (κ3) is 4.39. The fourth-order valence-electron chi connectivity index (χ4n) is 10.9. The van der Waals surface area contributed by atoms with Crippen LogP contribution in [-0.4, -0.2) is 37.9 Å². The van der Waals surface area contributed by atoms with Gasteiger partial charge in [0.1, 0.15) is 23.8 Å². The van der Waals surface area contributed by atoms with Crippen molar-refractivity contribution in [1.82, 2.24) is 14.5 Å². The molecule has 5 aliphatic carbocycles. The second-order valence-electron chi connectivity index (χ2n) is 16.2. The van der Waals surface area contributed by atoms with Crippen LogP contribution in [0.5, 0.6) is 0 Å². The summed E-state index contributed by atoms with van der Waals surface area (Å²) in [6.07, 6.45) is 13.9. The molecule has 8 unspecified atom stereocenters. The fourth-order valence-corrected chi connectivity index (χ4v) is 10.9. The van der Waals surface area contributed by atoms with E-state index in [4.69, 9.17) is 5.73 Å². The number of Topliss-reactive ketones (excluding diaryl/α,β-unsaturated/α-hetero) is 1. The van der Waals surface area contributed by atoms with Crippen molar-refractivity contribution < 1.29 is 19.2 Å². The second-order valence-corrected chi connectivity index (χ2v) is 16.2. The quantitative estimate of drug-likeness (QED) is 0.428. The average Bonchev–Trinajstić information content (AvgIpc) is 3.53. The van der Waals surface area contributed by atoms with Gasteiger partial charge < -0.3 is 5.73 Å². The van der Waals surface area contributed by atoms with Gasteiger partial charge in [-0.15, -0.1) is 0 Å². The molecule has 9 nitrogen and oxygen atoms in total. The maximum Gasteiger partial charge on any atom is 0.250 e. The zero-order valence-corrected chi connectivity index (χ0v) is 27.9. The molecule has 9 heteroatoms. The molecule has 7 rings (SSSR count). The molecule has 2 heterocycles. The summed E-state index contributed by atoms with van der Waals surface area (Å²) in [5, 5.41) is 9.85. The van der Waals surface area contributed by atoms with Crippen molar-refractivity contribution in [2.45, 2.75) is 79.6 Å². The SMILES string of the molecule is CC1C(=O)C(C#N)=CC2(C)C3=CC(=O)C4C(CCC5(C(=O)n6cnc(-c7ncccc7C(N)=O)c6)CCC(C)(C)CC45)C3(C)CCC12. The number of imidazole rings is 1. The first-order chi connectivity index (χ1) is 22.2. The van der Waals surface area contributed by atoms with Gasteiger partial charge in [0.05, 0.1) is 16.6 Å². The molecule has 1 amide bonds. The Kier molecular flexibility index (Phi) is 6.95. The van der Waals surface area contributed by atoms with E-state index in [9.17, 15) is 24.4 Å². The minimum Gasteiger partial charge on any atom is -0.366 e. The minimum atomic E-state index is -0.733. The van der Waals surface area contributed by atoms with Crippen LogP contribution in [0.15, 0.2) is 54.2 Å². The number of nitrogens with two attached hydrogens (primary N) is 1. The second kappa shape index (κ2) is 10.4. The summed E-state index contributed by atoms with van der Waals surface area (Å²) in [7, 11) is 0. The van der Waals surface area contributed by atoms with Crippen molar-refractivity contribution in [3.8, 4) is 17.5 Å². The topological polar surface area (TPSA) is 149 Å². The van der Waals surface area contributed by atoms with Gasteiger partial charge in [-0.05, 0) is 91.7 Å². The van der Waals surface area contributed by atoms with E-state index in [0.717, 1.165) is 37.7 Å². The number of primary amides is 1. The monoisotopic (exact) mass is 633 g/mol. The highest BCUT2D eigenvalue weighted by molar-refractivity contribution is 6.02. The molecule has 0 aromatic carbocycles. The smallest absolute Gasteiger partial charge is 0.250 e. The molecule has 2 aromatic heterocycles. The van der Waals surface area contributed by atoms with Crippen LogP contribution >= 0.6 is 0 Å². The third-order valence-corrected chi connectivity index (χ3v) is 13.3. The first-order valence-corrected chi connectivity index (χ1v) is 16.9. The standard InChI is InChI=1S/C38H43N5O4/c1-21-24-8-10-36(4)25-9-11-38(34(47)43-19-27(42-20-43)31-23(33(40)46)7-6-14-41-31)13-12-35(2,3)17-26(38)30(25)28(44)15-29(36)37(24,5)16-22(18-39)32(21)45/h6-7,14-16,19-21,24-26,30H,8-13,17H2,1-5H3,(H2,40,46). The number of nitrogens with zero attached hydrogens (tertiary/aromatic N) is 4. The highest BCUT2D eigenvalue weighted by Gasteiger charge is 2.66. The van der Waals surface area contributed by atoms with Gasteiger partial charge in [-0.2, -0.15) is 5.26 Å². The van der Waals surface area contributed by atoms with Crippen molar-refractivity contribution >= 4 is 23.4 Å². The van der Waals surface area contributed by atoms with Crippen molar-refractivity contribution in [3.05, 3.63) is 59.7 Å². The lowest BCUT2D eigenvalue weighted by atomic mass is 9.39. The highest BCUT2D eigenvalue weighted by Crippen LogP contribution is 2.69. The van der Waals surface area contributed by atoms with Gasteiger partial charge in [0.2, 0.25) is 5.91 Å². The van der Waals surface area contributed by atoms with Crippen LogP contribution in [0, 0.1) is 62.6 Å². The van der Waals surface area contributed by atoms with Gasteiger partial charge in [-0.1, -0.05) is 46.3 Å². The van der Waals surface area contributed by atoms with E-state index >= 15 is 0 Å². The van der Waals surface area contributed by atoms with Gasteiger partial charge in [-0.3, -0.25) is 28.7 Å². The lowest BCUT2D eigenvalue weighted by Crippen LogP contribution is -2.61.